The van der Waals surface area contributed by atoms with Crippen LogP contribution in [0.5, 0.6) is 5.75 Å². The third kappa shape index (κ3) is 8.18. The van der Waals surface area contributed by atoms with E-state index in [1.807, 2.05) is 24.3 Å². The lowest BCUT2D eigenvalue weighted by atomic mass is 10.2. The van der Waals surface area contributed by atoms with Gasteiger partial charge in [0.1, 0.15) is 5.75 Å². The molecule has 0 radical (unpaired) electrons. The molecular formula is C20H24N4O3S. The molecular weight excluding hydrogens is 376 g/mol. The molecule has 8 heteroatoms. The average Bonchev–Trinajstić information content (AvgIpc) is 3.13. The minimum atomic E-state index is -0.285. The van der Waals surface area contributed by atoms with Crippen molar-refractivity contribution >= 4 is 28.7 Å². The van der Waals surface area contributed by atoms with Gasteiger partial charge in [-0.3, -0.25) is 10.2 Å². The molecule has 1 aromatic carbocycles. The summed E-state index contributed by atoms with van der Waals surface area (Å²) in [6.45, 7) is 2.79. The van der Waals surface area contributed by atoms with Crippen molar-refractivity contribution in [1.82, 2.24) is 4.98 Å². The van der Waals surface area contributed by atoms with Crippen molar-refractivity contribution < 1.29 is 14.3 Å². The van der Waals surface area contributed by atoms with Gasteiger partial charge in [-0.25, -0.2) is 4.98 Å². The predicted molar refractivity (Wildman–Crippen MR) is 110 cm³/mol. The zero-order valence-corrected chi connectivity index (χ0v) is 16.7. The highest BCUT2D eigenvalue weighted by Crippen LogP contribution is 2.16. The standard InChI is InChI=1S/C20H24N4O3S/c1-2-26-19(25)13-17-15-28-20(23-17)24-22-14-16-7-9-18(10-8-16)27-12-6-4-3-5-11-21/h7-10,14-15H,2-6,12-13H2,1H3,(H,23,24). The number of nitriles is 1. The van der Waals surface area contributed by atoms with Gasteiger partial charge in [-0.1, -0.05) is 0 Å². The van der Waals surface area contributed by atoms with Crippen LogP contribution in [0.4, 0.5) is 5.13 Å². The number of benzene rings is 1. The summed E-state index contributed by atoms with van der Waals surface area (Å²) < 4.78 is 10.6. The van der Waals surface area contributed by atoms with E-state index in [0.717, 1.165) is 30.6 Å². The number of unbranched alkanes of at least 4 members (excludes halogenated alkanes) is 3. The molecule has 0 unspecified atom stereocenters. The van der Waals surface area contributed by atoms with Crippen molar-refractivity contribution in [2.75, 3.05) is 18.6 Å². The number of nitrogens with one attached hydrogen (secondary N) is 1. The third-order valence-electron chi connectivity index (χ3n) is 3.64. The smallest absolute Gasteiger partial charge is 0.311 e. The lowest BCUT2D eigenvalue weighted by Crippen LogP contribution is -2.07. The Morgan fingerprint density at radius 2 is 2.14 bits per heavy atom. The number of hydrogen-bond acceptors (Lipinski definition) is 8. The number of hydrazone groups is 1. The van der Waals surface area contributed by atoms with Crippen LogP contribution in [-0.2, 0) is 16.0 Å². The quantitative estimate of drug-likeness (QED) is 0.249. The summed E-state index contributed by atoms with van der Waals surface area (Å²) in [5.74, 6) is 0.529. The molecule has 0 spiro atoms. The van der Waals surface area contributed by atoms with Crippen molar-refractivity contribution in [3.63, 3.8) is 0 Å². The summed E-state index contributed by atoms with van der Waals surface area (Å²) in [6.07, 6.45) is 5.33. The predicted octanol–water partition coefficient (Wildman–Crippen LogP) is 4.16. The van der Waals surface area contributed by atoms with Crippen LogP contribution in [0.2, 0.25) is 0 Å². The summed E-state index contributed by atoms with van der Waals surface area (Å²) in [5, 5.41) is 15.1. The van der Waals surface area contributed by atoms with E-state index in [2.05, 4.69) is 21.6 Å². The number of thiazole rings is 1. The summed E-state index contributed by atoms with van der Waals surface area (Å²) >= 11 is 1.38. The van der Waals surface area contributed by atoms with Crippen LogP contribution >= 0.6 is 11.3 Å². The molecule has 28 heavy (non-hydrogen) atoms. The molecule has 148 valence electrons. The first-order valence-corrected chi connectivity index (χ1v) is 10.1. The molecule has 0 saturated carbocycles. The number of anilines is 1. The number of hydrogen-bond donors (Lipinski definition) is 1. The molecule has 0 bridgehead atoms. The number of esters is 1. The van der Waals surface area contributed by atoms with Crippen molar-refractivity contribution in [2.24, 2.45) is 5.10 Å². The lowest BCUT2D eigenvalue weighted by molar-refractivity contribution is -0.142. The highest BCUT2D eigenvalue weighted by Gasteiger charge is 2.07. The molecule has 0 aliphatic rings. The zero-order valence-electron chi connectivity index (χ0n) is 15.9. The molecule has 1 aromatic heterocycles. The van der Waals surface area contributed by atoms with E-state index in [1.54, 1.807) is 18.5 Å². The van der Waals surface area contributed by atoms with Crippen molar-refractivity contribution in [3.8, 4) is 11.8 Å². The lowest BCUT2D eigenvalue weighted by Gasteiger charge is -2.05. The molecule has 0 fully saturated rings. The van der Waals surface area contributed by atoms with Gasteiger partial charge in [-0.05, 0) is 56.0 Å². The van der Waals surface area contributed by atoms with E-state index in [-0.39, 0.29) is 12.4 Å². The Bertz CT molecular complexity index is 797. The molecule has 0 amide bonds. The van der Waals surface area contributed by atoms with Crippen LogP contribution in [0.3, 0.4) is 0 Å². The zero-order chi connectivity index (χ0) is 20.0. The van der Waals surface area contributed by atoms with Crippen LogP contribution in [0.15, 0.2) is 34.7 Å². The fraction of sp³-hybridized carbons (Fsp3) is 0.400. The van der Waals surface area contributed by atoms with Crippen molar-refractivity contribution in [3.05, 3.63) is 40.9 Å². The van der Waals surface area contributed by atoms with E-state index in [1.165, 1.54) is 11.3 Å². The Labute approximate surface area is 169 Å². The largest absolute Gasteiger partial charge is 0.494 e. The molecule has 2 rings (SSSR count). The van der Waals surface area contributed by atoms with E-state index in [0.29, 0.717) is 30.5 Å². The molecule has 0 saturated heterocycles. The van der Waals surface area contributed by atoms with Crippen LogP contribution < -0.4 is 10.2 Å². The fourth-order valence-corrected chi connectivity index (χ4v) is 2.94. The van der Waals surface area contributed by atoms with Gasteiger partial charge in [0.25, 0.3) is 0 Å². The normalized spacial score (nSPS) is 10.6. The molecule has 2 aromatic rings. The third-order valence-corrected chi connectivity index (χ3v) is 4.43. The summed E-state index contributed by atoms with van der Waals surface area (Å²) in [4.78, 5) is 15.7. The first kappa shape index (κ1) is 21.4. The minimum Gasteiger partial charge on any atom is -0.494 e. The van der Waals surface area contributed by atoms with Crippen molar-refractivity contribution in [2.45, 2.75) is 39.0 Å². The number of aromatic nitrogens is 1. The Morgan fingerprint density at radius 1 is 1.32 bits per heavy atom. The molecule has 0 aliphatic carbocycles. The van der Waals surface area contributed by atoms with Crippen LogP contribution in [0.25, 0.3) is 0 Å². The van der Waals surface area contributed by atoms with Crippen molar-refractivity contribution in [1.29, 1.82) is 5.26 Å². The fourth-order valence-electron chi connectivity index (χ4n) is 2.28. The van der Waals surface area contributed by atoms with E-state index in [4.69, 9.17) is 14.7 Å². The molecule has 7 nitrogen and oxygen atoms in total. The summed E-state index contributed by atoms with van der Waals surface area (Å²) in [5.41, 5.74) is 4.45. The number of nitrogens with zero attached hydrogens (tertiary/aromatic N) is 3. The molecule has 0 aliphatic heterocycles. The number of rotatable bonds is 12. The second-order valence-electron chi connectivity index (χ2n) is 5.88. The van der Waals surface area contributed by atoms with Gasteiger partial charge in [0.2, 0.25) is 5.13 Å². The van der Waals surface area contributed by atoms with Gasteiger partial charge in [-0.15, -0.1) is 11.3 Å². The minimum absolute atomic E-state index is 0.162. The Morgan fingerprint density at radius 3 is 2.89 bits per heavy atom. The van der Waals surface area contributed by atoms with Gasteiger partial charge in [0, 0.05) is 11.8 Å². The van der Waals surface area contributed by atoms with Gasteiger partial charge < -0.3 is 9.47 Å². The average molecular weight is 401 g/mol. The van der Waals surface area contributed by atoms with Gasteiger partial charge in [0.15, 0.2) is 0 Å². The maximum absolute atomic E-state index is 11.4. The topological polar surface area (TPSA) is 96.6 Å². The maximum Gasteiger partial charge on any atom is 0.311 e. The van der Waals surface area contributed by atoms with E-state index >= 15 is 0 Å². The van der Waals surface area contributed by atoms with Crippen LogP contribution in [0, 0.1) is 11.3 Å². The molecule has 0 atom stereocenters. The number of ether oxygens (including phenoxy) is 2. The van der Waals surface area contributed by atoms with E-state index < -0.39 is 0 Å². The second-order valence-corrected chi connectivity index (χ2v) is 6.74. The highest BCUT2D eigenvalue weighted by molar-refractivity contribution is 7.13. The Kier molecular flexibility index (Phi) is 9.52. The monoisotopic (exact) mass is 400 g/mol. The molecule has 1 N–H and O–H groups in total. The van der Waals surface area contributed by atoms with E-state index in [9.17, 15) is 4.79 Å². The van der Waals surface area contributed by atoms with Gasteiger partial charge in [0.05, 0.1) is 37.6 Å². The first-order chi connectivity index (χ1) is 13.7. The summed E-state index contributed by atoms with van der Waals surface area (Å²) in [7, 11) is 0. The van der Waals surface area contributed by atoms with Crippen LogP contribution in [-0.4, -0.2) is 30.4 Å². The maximum atomic E-state index is 11.4. The number of carbonyl (C=O) groups is 1. The molecule has 1 heterocycles. The van der Waals surface area contributed by atoms with Gasteiger partial charge >= 0.3 is 5.97 Å². The summed E-state index contributed by atoms with van der Waals surface area (Å²) in [6, 6.07) is 9.78. The first-order valence-electron chi connectivity index (χ1n) is 9.20. The van der Waals surface area contributed by atoms with Crippen LogP contribution in [0.1, 0.15) is 43.9 Å². The second kappa shape index (κ2) is 12.5. The SMILES string of the molecule is CCOC(=O)Cc1csc(NN=Cc2ccc(OCCCCCC#N)cc2)n1. The van der Waals surface area contributed by atoms with Gasteiger partial charge in [-0.2, -0.15) is 10.4 Å². The Balaban J connectivity index is 1.72. The highest BCUT2D eigenvalue weighted by atomic mass is 32.1. The number of carbonyl (C=O) groups excluding carboxylic acids is 1. The Hall–Kier alpha value is -2.92.